The molecule has 0 bridgehead atoms. The molecular weight excluding hydrogens is 116 g/mol. The molecule has 2 radical (unpaired) electrons. The molecule has 0 aromatic rings. The molecule has 0 atom stereocenters. The molecule has 0 aliphatic heterocycles. The first-order valence-corrected chi connectivity index (χ1v) is 3.99. The van der Waals surface area contributed by atoms with Crippen molar-refractivity contribution in [1.29, 1.82) is 0 Å². The molecule has 0 heterocycles. The van der Waals surface area contributed by atoms with Crippen molar-refractivity contribution in [3.05, 3.63) is 11.8 Å². The van der Waals surface area contributed by atoms with Gasteiger partial charge in [-0.1, -0.05) is 31.5 Å². The first kappa shape index (κ1) is 7.92. The second kappa shape index (κ2) is 6.92. The van der Waals surface area contributed by atoms with Crippen LogP contribution in [0.1, 0.15) is 26.2 Å². The first-order chi connectivity index (χ1) is 3.91. The van der Waals surface area contributed by atoms with Crippen molar-refractivity contribution in [3.63, 3.8) is 0 Å². The van der Waals surface area contributed by atoms with Gasteiger partial charge in [0.05, 0.1) is 0 Å². The molecule has 0 aliphatic rings. The van der Waals surface area contributed by atoms with Crippen molar-refractivity contribution < 1.29 is 4.80 Å². The topological polar surface area (TPSA) is 20.2 Å². The van der Waals surface area contributed by atoms with E-state index in [2.05, 4.69) is 6.92 Å². The van der Waals surface area contributed by atoms with Gasteiger partial charge in [-0.15, -0.1) is 0 Å². The molecule has 0 amide bonds. The Bertz CT molecular complexity index is 61.5. The average Bonchev–Trinajstić information content (AvgIpc) is 1.81. The van der Waals surface area contributed by atoms with Gasteiger partial charge in [0.2, 0.25) is 0 Å². The average molecular weight is 128 g/mol. The minimum Gasteiger partial charge on any atom is -0.428 e. The van der Waals surface area contributed by atoms with Crippen LogP contribution in [0, 0.1) is 0 Å². The summed E-state index contributed by atoms with van der Waals surface area (Å²) in [5, 5.41) is 0. The standard InChI is InChI=1S/C6H12OSi/c1-2-3-4-5-6-8-7/h5-7H,2-4H2,1H3. The number of hydrogen-bond donors (Lipinski definition) is 1. The Hall–Kier alpha value is -0.0831. The Morgan fingerprint density at radius 1 is 1.62 bits per heavy atom. The molecule has 8 heavy (non-hydrogen) atoms. The molecule has 0 rings (SSSR count). The highest BCUT2D eigenvalue weighted by molar-refractivity contribution is 6.32. The summed E-state index contributed by atoms with van der Waals surface area (Å²) < 4.78 is 0. The zero-order valence-corrected chi connectivity index (χ0v) is 6.22. The molecule has 0 spiro atoms. The second-order valence-electron chi connectivity index (χ2n) is 1.67. The van der Waals surface area contributed by atoms with E-state index in [9.17, 15) is 0 Å². The second-order valence-corrected chi connectivity index (χ2v) is 2.27. The minimum atomic E-state index is -0.0115. The van der Waals surface area contributed by atoms with Crippen LogP contribution >= 0.6 is 0 Å². The van der Waals surface area contributed by atoms with Crippen molar-refractivity contribution in [2.75, 3.05) is 0 Å². The van der Waals surface area contributed by atoms with E-state index in [4.69, 9.17) is 4.80 Å². The number of allylic oxidation sites excluding steroid dienone is 1. The smallest absolute Gasteiger partial charge is 0.256 e. The largest absolute Gasteiger partial charge is 0.428 e. The predicted molar refractivity (Wildman–Crippen MR) is 36.6 cm³/mol. The third-order valence-electron chi connectivity index (χ3n) is 0.917. The molecule has 46 valence electrons. The van der Waals surface area contributed by atoms with E-state index in [1.54, 1.807) is 0 Å². The zero-order valence-electron chi connectivity index (χ0n) is 5.22. The molecule has 0 aromatic heterocycles. The number of unbranched alkanes of at least 4 members (excludes halogenated alkanes) is 2. The SMILES string of the molecule is CCCCC=C[Si]O. The van der Waals surface area contributed by atoms with Gasteiger partial charge < -0.3 is 4.80 Å². The Morgan fingerprint density at radius 3 is 2.88 bits per heavy atom. The van der Waals surface area contributed by atoms with Gasteiger partial charge in [-0.3, -0.25) is 0 Å². The van der Waals surface area contributed by atoms with E-state index in [1.807, 2.05) is 11.8 Å². The van der Waals surface area contributed by atoms with Crippen LogP contribution in [0.15, 0.2) is 11.8 Å². The Morgan fingerprint density at radius 2 is 2.38 bits per heavy atom. The van der Waals surface area contributed by atoms with Crippen LogP contribution in [0.3, 0.4) is 0 Å². The Balaban J connectivity index is 2.80. The van der Waals surface area contributed by atoms with Gasteiger partial charge in [-0.25, -0.2) is 0 Å². The van der Waals surface area contributed by atoms with Crippen LogP contribution in [-0.4, -0.2) is 14.6 Å². The summed E-state index contributed by atoms with van der Waals surface area (Å²) in [5.74, 6) is 0. The van der Waals surface area contributed by atoms with Gasteiger partial charge >= 0.3 is 0 Å². The van der Waals surface area contributed by atoms with E-state index in [0.29, 0.717) is 0 Å². The van der Waals surface area contributed by atoms with Crippen LogP contribution in [0.2, 0.25) is 0 Å². The highest BCUT2D eigenvalue weighted by atomic mass is 28.2. The van der Waals surface area contributed by atoms with Crippen LogP contribution in [0.4, 0.5) is 0 Å². The van der Waals surface area contributed by atoms with Crippen LogP contribution in [0.5, 0.6) is 0 Å². The Kier molecular flexibility index (Phi) is 6.85. The van der Waals surface area contributed by atoms with Crippen LogP contribution < -0.4 is 0 Å². The van der Waals surface area contributed by atoms with Crippen molar-refractivity contribution in [2.45, 2.75) is 26.2 Å². The van der Waals surface area contributed by atoms with Gasteiger partial charge in [0.25, 0.3) is 9.76 Å². The van der Waals surface area contributed by atoms with Gasteiger partial charge in [-0.2, -0.15) is 0 Å². The summed E-state index contributed by atoms with van der Waals surface area (Å²) in [6.45, 7) is 2.16. The summed E-state index contributed by atoms with van der Waals surface area (Å²) in [5.41, 5.74) is 1.82. The quantitative estimate of drug-likeness (QED) is 0.447. The molecule has 1 N–H and O–H groups in total. The monoisotopic (exact) mass is 128 g/mol. The molecule has 0 aromatic carbocycles. The molecule has 1 nitrogen and oxygen atoms in total. The lowest BCUT2D eigenvalue weighted by Gasteiger charge is -1.84. The summed E-state index contributed by atoms with van der Waals surface area (Å²) in [7, 11) is -0.0115. The molecule has 0 fully saturated rings. The lowest BCUT2D eigenvalue weighted by atomic mass is 10.2. The maximum Gasteiger partial charge on any atom is 0.256 e. The lowest BCUT2D eigenvalue weighted by molar-refractivity contribution is 0.614. The van der Waals surface area contributed by atoms with Crippen molar-refractivity contribution in [2.24, 2.45) is 0 Å². The number of hydrogen-bond acceptors (Lipinski definition) is 1. The molecule has 0 saturated carbocycles. The van der Waals surface area contributed by atoms with Gasteiger partial charge in [0, 0.05) is 0 Å². The molecule has 0 unspecified atom stereocenters. The predicted octanol–water partition coefficient (Wildman–Crippen LogP) is 1.30. The maximum atomic E-state index is 8.31. The van der Waals surface area contributed by atoms with Gasteiger partial charge in [0.1, 0.15) is 0 Å². The fourth-order valence-electron chi connectivity index (χ4n) is 0.458. The van der Waals surface area contributed by atoms with Crippen molar-refractivity contribution in [1.82, 2.24) is 0 Å². The van der Waals surface area contributed by atoms with Gasteiger partial charge in [-0.05, 0) is 6.42 Å². The van der Waals surface area contributed by atoms with E-state index in [1.165, 1.54) is 12.8 Å². The first-order valence-electron chi connectivity index (χ1n) is 2.96. The highest BCUT2D eigenvalue weighted by Gasteiger charge is 1.76. The summed E-state index contributed by atoms with van der Waals surface area (Å²) >= 11 is 0. The minimum absolute atomic E-state index is 0.0115. The van der Waals surface area contributed by atoms with Crippen LogP contribution in [0.25, 0.3) is 0 Å². The third-order valence-corrected chi connectivity index (χ3v) is 1.30. The van der Waals surface area contributed by atoms with Crippen molar-refractivity contribution in [3.8, 4) is 0 Å². The summed E-state index contributed by atoms with van der Waals surface area (Å²) in [6.07, 6.45) is 5.62. The molecular formula is C6H12OSi. The fourth-order valence-corrected chi connectivity index (χ4v) is 0.730. The Labute approximate surface area is 53.4 Å². The van der Waals surface area contributed by atoms with E-state index in [-0.39, 0.29) is 9.76 Å². The third kappa shape index (κ3) is 5.92. The lowest BCUT2D eigenvalue weighted by Crippen LogP contribution is -1.77. The maximum absolute atomic E-state index is 8.31. The normalized spacial score (nSPS) is 10.8. The van der Waals surface area contributed by atoms with E-state index < -0.39 is 0 Å². The molecule has 0 saturated heterocycles. The van der Waals surface area contributed by atoms with Gasteiger partial charge in [0.15, 0.2) is 0 Å². The van der Waals surface area contributed by atoms with Crippen LogP contribution in [-0.2, 0) is 0 Å². The summed E-state index contributed by atoms with van der Waals surface area (Å²) in [4.78, 5) is 8.31. The van der Waals surface area contributed by atoms with E-state index in [0.717, 1.165) is 6.42 Å². The highest BCUT2D eigenvalue weighted by Crippen LogP contribution is 1.93. The van der Waals surface area contributed by atoms with Crippen molar-refractivity contribution >= 4 is 9.76 Å². The molecule has 0 aliphatic carbocycles. The molecule has 2 heteroatoms. The van der Waals surface area contributed by atoms with E-state index >= 15 is 0 Å². The zero-order chi connectivity index (χ0) is 6.24. The number of rotatable bonds is 4. The fraction of sp³-hybridized carbons (Fsp3) is 0.667. The summed E-state index contributed by atoms with van der Waals surface area (Å²) in [6, 6.07) is 0.